The fourth-order valence-corrected chi connectivity index (χ4v) is 2.29. The first-order valence-electron chi connectivity index (χ1n) is 5.65. The van der Waals surface area contributed by atoms with E-state index in [0.29, 0.717) is 22.4 Å². The molecule has 96 valence electrons. The molecule has 0 spiro atoms. The Hall–Kier alpha value is -1.76. The fraction of sp³-hybridized carbons (Fsp3) is 0.143. The quantitative estimate of drug-likeness (QED) is 0.863. The van der Waals surface area contributed by atoms with Crippen LogP contribution in [0.2, 0.25) is 10.3 Å². The van der Waals surface area contributed by atoms with E-state index in [1.807, 2.05) is 19.1 Å². The van der Waals surface area contributed by atoms with Gasteiger partial charge >= 0.3 is 0 Å². The Balaban J connectivity index is 2.12. The van der Waals surface area contributed by atoms with Crippen molar-refractivity contribution in [3.63, 3.8) is 0 Å². The molecule has 1 aromatic carbocycles. The molecule has 2 rings (SSSR count). The Morgan fingerprint density at radius 3 is 2.53 bits per heavy atom. The van der Waals surface area contributed by atoms with Crippen molar-refractivity contribution in [2.45, 2.75) is 13.5 Å². The number of benzene rings is 1. The lowest BCUT2D eigenvalue weighted by Gasteiger charge is -2.11. The highest BCUT2D eigenvalue weighted by atomic mass is 35.5. The van der Waals surface area contributed by atoms with E-state index in [1.165, 1.54) is 0 Å². The Bertz CT molecular complexity index is 607. The highest BCUT2D eigenvalue weighted by Crippen LogP contribution is 2.26. The lowest BCUT2D eigenvalue weighted by molar-refractivity contribution is 1.12. The van der Waals surface area contributed by atoms with E-state index >= 15 is 0 Å². The molecule has 0 aliphatic carbocycles. The molecule has 1 heterocycles. The van der Waals surface area contributed by atoms with E-state index < -0.39 is 0 Å². The Morgan fingerprint density at radius 1 is 1.26 bits per heavy atom. The van der Waals surface area contributed by atoms with Crippen LogP contribution in [-0.4, -0.2) is 4.98 Å². The first-order valence-corrected chi connectivity index (χ1v) is 6.41. The molecule has 0 fully saturated rings. The lowest BCUT2D eigenvalue weighted by atomic mass is 10.1. The standard InChI is InChI=1S/C14H11Cl2N3/c1-9-6-12(15)19-14(16)13(9)18-8-11-4-2-10(7-17)3-5-11/h2-6,18H,8H2,1H3. The summed E-state index contributed by atoms with van der Waals surface area (Å²) in [7, 11) is 0. The summed E-state index contributed by atoms with van der Waals surface area (Å²) in [6, 6.07) is 11.2. The molecule has 2 aromatic rings. The highest BCUT2D eigenvalue weighted by Gasteiger charge is 2.07. The zero-order valence-corrected chi connectivity index (χ0v) is 11.8. The van der Waals surface area contributed by atoms with E-state index in [0.717, 1.165) is 16.8 Å². The van der Waals surface area contributed by atoms with Gasteiger partial charge in [0.2, 0.25) is 0 Å². The molecule has 0 amide bonds. The molecule has 3 nitrogen and oxygen atoms in total. The first-order chi connectivity index (χ1) is 9.10. The summed E-state index contributed by atoms with van der Waals surface area (Å²) in [4.78, 5) is 4.00. The predicted octanol–water partition coefficient (Wildman–Crippen LogP) is 4.18. The molecule has 0 bridgehead atoms. The normalized spacial score (nSPS) is 10.0. The Labute approximate surface area is 121 Å². The number of nitrogens with one attached hydrogen (secondary N) is 1. The summed E-state index contributed by atoms with van der Waals surface area (Å²) in [5.41, 5.74) is 3.42. The molecule has 5 heteroatoms. The average Bonchev–Trinajstić information content (AvgIpc) is 2.38. The molecule has 0 saturated carbocycles. The van der Waals surface area contributed by atoms with Gasteiger partial charge in [-0.1, -0.05) is 35.3 Å². The third-order valence-corrected chi connectivity index (χ3v) is 3.16. The lowest BCUT2D eigenvalue weighted by Crippen LogP contribution is -2.02. The molecular formula is C14H11Cl2N3. The number of aryl methyl sites for hydroxylation is 1. The zero-order chi connectivity index (χ0) is 13.8. The maximum Gasteiger partial charge on any atom is 0.154 e. The topological polar surface area (TPSA) is 48.7 Å². The number of pyridine rings is 1. The van der Waals surface area contributed by atoms with Gasteiger partial charge < -0.3 is 5.32 Å². The van der Waals surface area contributed by atoms with Crippen molar-refractivity contribution >= 4 is 28.9 Å². The molecular weight excluding hydrogens is 281 g/mol. The Kier molecular flexibility index (Phi) is 4.26. The van der Waals surface area contributed by atoms with E-state index in [1.54, 1.807) is 18.2 Å². The van der Waals surface area contributed by atoms with E-state index in [4.69, 9.17) is 28.5 Å². The van der Waals surface area contributed by atoms with Crippen LogP contribution >= 0.6 is 23.2 Å². The van der Waals surface area contributed by atoms with E-state index in [2.05, 4.69) is 16.4 Å². The SMILES string of the molecule is Cc1cc(Cl)nc(Cl)c1NCc1ccc(C#N)cc1. The van der Waals surface area contributed by atoms with Crippen LogP contribution in [0.25, 0.3) is 0 Å². The summed E-state index contributed by atoms with van der Waals surface area (Å²) >= 11 is 11.9. The van der Waals surface area contributed by atoms with Gasteiger partial charge in [0.25, 0.3) is 0 Å². The van der Waals surface area contributed by atoms with Gasteiger partial charge in [-0.05, 0) is 36.2 Å². The van der Waals surface area contributed by atoms with Gasteiger partial charge in [-0.25, -0.2) is 4.98 Å². The van der Waals surface area contributed by atoms with Gasteiger partial charge in [-0.2, -0.15) is 5.26 Å². The van der Waals surface area contributed by atoms with E-state index in [-0.39, 0.29) is 0 Å². The summed E-state index contributed by atoms with van der Waals surface area (Å²) in [5, 5.41) is 12.7. The molecule has 19 heavy (non-hydrogen) atoms. The van der Waals surface area contributed by atoms with Gasteiger partial charge in [0.15, 0.2) is 5.15 Å². The van der Waals surface area contributed by atoms with Crippen LogP contribution in [0.3, 0.4) is 0 Å². The Morgan fingerprint density at radius 2 is 1.95 bits per heavy atom. The second-order valence-electron chi connectivity index (χ2n) is 4.09. The molecule has 1 aromatic heterocycles. The molecule has 0 radical (unpaired) electrons. The summed E-state index contributed by atoms with van der Waals surface area (Å²) < 4.78 is 0. The number of anilines is 1. The van der Waals surface area contributed by atoms with Crippen molar-refractivity contribution in [3.8, 4) is 6.07 Å². The fourth-order valence-electron chi connectivity index (χ4n) is 1.70. The first kappa shape index (κ1) is 13.7. The van der Waals surface area contributed by atoms with Crippen molar-refractivity contribution in [3.05, 3.63) is 57.3 Å². The van der Waals surface area contributed by atoms with Crippen molar-refractivity contribution in [1.29, 1.82) is 5.26 Å². The second-order valence-corrected chi connectivity index (χ2v) is 4.84. The minimum absolute atomic E-state index is 0.360. The van der Waals surface area contributed by atoms with Crippen molar-refractivity contribution in [2.24, 2.45) is 0 Å². The summed E-state index contributed by atoms with van der Waals surface area (Å²) in [6.07, 6.45) is 0. The maximum atomic E-state index is 8.73. The molecule has 0 aliphatic rings. The number of rotatable bonds is 3. The van der Waals surface area contributed by atoms with Crippen LogP contribution in [0.4, 0.5) is 5.69 Å². The number of hydrogen-bond acceptors (Lipinski definition) is 3. The minimum Gasteiger partial charge on any atom is -0.378 e. The zero-order valence-electron chi connectivity index (χ0n) is 10.2. The molecule has 0 saturated heterocycles. The van der Waals surface area contributed by atoms with Crippen LogP contribution < -0.4 is 5.32 Å². The van der Waals surface area contributed by atoms with Crippen LogP contribution in [0, 0.1) is 18.3 Å². The van der Waals surface area contributed by atoms with Crippen LogP contribution in [0.5, 0.6) is 0 Å². The highest BCUT2D eigenvalue weighted by molar-refractivity contribution is 6.34. The van der Waals surface area contributed by atoms with Crippen LogP contribution in [0.1, 0.15) is 16.7 Å². The smallest absolute Gasteiger partial charge is 0.154 e. The van der Waals surface area contributed by atoms with Crippen molar-refractivity contribution in [1.82, 2.24) is 4.98 Å². The van der Waals surface area contributed by atoms with Gasteiger partial charge in [0, 0.05) is 6.54 Å². The predicted molar refractivity (Wildman–Crippen MR) is 77.5 cm³/mol. The third-order valence-electron chi connectivity index (χ3n) is 2.69. The minimum atomic E-state index is 0.360. The van der Waals surface area contributed by atoms with Crippen LogP contribution in [-0.2, 0) is 6.54 Å². The number of nitriles is 1. The maximum absolute atomic E-state index is 8.73. The summed E-state index contributed by atoms with van der Waals surface area (Å²) in [6.45, 7) is 2.52. The van der Waals surface area contributed by atoms with Crippen LogP contribution in [0.15, 0.2) is 30.3 Å². The summed E-state index contributed by atoms with van der Waals surface area (Å²) in [5.74, 6) is 0. The monoisotopic (exact) mass is 291 g/mol. The number of nitrogens with zero attached hydrogens (tertiary/aromatic N) is 2. The van der Waals surface area contributed by atoms with E-state index in [9.17, 15) is 0 Å². The third kappa shape index (κ3) is 3.37. The number of halogens is 2. The van der Waals surface area contributed by atoms with Crippen molar-refractivity contribution in [2.75, 3.05) is 5.32 Å². The van der Waals surface area contributed by atoms with Crippen molar-refractivity contribution < 1.29 is 0 Å². The number of hydrogen-bond donors (Lipinski definition) is 1. The molecule has 1 N–H and O–H groups in total. The van der Waals surface area contributed by atoms with Gasteiger partial charge in [-0.3, -0.25) is 0 Å². The van der Waals surface area contributed by atoms with Gasteiger partial charge in [0.05, 0.1) is 17.3 Å². The second kappa shape index (κ2) is 5.92. The van der Waals surface area contributed by atoms with Gasteiger partial charge in [-0.15, -0.1) is 0 Å². The molecule has 0 atom stereocenters. The average molecular weight is 292 g/mol. The molecule has 0 aliphatic heterocycles. The number of aromatic nitrogens is 1. The largest absolute Gasteiger partial charge is 0.378 e. The van der Waals surface area contributed by atoms with Gasteiger partial charge in [0.1, 0.15) is 5.15 Å². The molecule has 0 unspecified atom stereocenters.